The van der Waals surface area contributed by atoms with Gasteiger partial charge in [-0.2, -0.15) is 0 Å². The molecule has 1 aromatic heterocycles. The maximum absolute atomic E-state index is 12.3. The number of H-pyrrole nitrogens is 1. The quantitative estimate of drug-likeness (QED) is 0.526. The van der Waals surface area contributed by atoms with Gasteiger partial charge in [-0.3, -0.25) is 4.79 Å². The highest BCUT2D eigenvalue weighted by Gasteiger charge is 2.19. The van der Waals surface area contributed by atoms with Crippen LogP contribution in [-0.4, -0.2) is 36.4 Å². The molecule has 2 aromatic carbocycles. The first-order valence-electron chi connectivity index (χ1n) is 8.48. The highest BCUT2D eigenvalue weighted by atomic mass is 32.2. The Kier molecular flexibility index (Phi) is 5.76. The predicted molar refractivity (Wildman–Crippen MR) is 105 cm³/mol. The molecule has 1 amide bonds. The molecule has 10 heteroatoms. The van der Waals surface area contributed by atoms with E-state index in [1.54, 1.807) is 36.7 Å². The number of aromatic amines is 1. The Morgan fingerprint density at radius 2 is 1.76 bits per heavy atom. The summed E-state index contributed by atoms with van der Waals surface area (Å²) in [5.74, 6) is -0.539. The Morgan fingerprint density at radius 3 is 2.31 bits per heavy atom. The first-order valence-corrected chi connectivity index (χ1v) is 10.0. The van der Waals surface area contributed by atoms with E-state index in [0.717, 1.165) is 5.56 Å². The normalized spacial score (nSPS) is 12.2. The molecule has 4 N–H and O–H groups in total. The molecule has 3 aromatic rings. The summed E-state index contributed by atoms with van der Waals surface area (Å²) in [5.41, 5.74) is 1.44. The smallest absolute Gasteiger partial charge is 0.338 e. The molecular formula is C19H18N4O5S. The van der Waals surface area contributed by atoms with Crippen LogP contribution in [0.25, 0.3) is 11.4 Å². The molecule has 0 aliphatic rings. The fraction of sp³-hybridized carbons (Fsp3) is 0.105. The van der Waals surface area contributed by atoms with E-state index in [0.29, 0.717) is 11.5 Å². The molecule has 0 aliphatic heterocycles. The number of sulfonamides is 1. The summed E-state index contributed by atoms with van der Waals surface area (Å²) in [6.07, 6.45) is 2.26. The van der Waals surface area contributed by atoms with Crippen LogP contribution in [0.15, 0.2) is 65.8 Å². The Balaban J connectivity index is 1.59. The molecule has 0 fully saturated rings. The maximum atomic E-state index is 12.3. The third kappa shape index (κ3) is 5.06. The Hall–Kier alpha value is -3.50. The zero-order valence-electron chi connectivity index (χ0n) is 15.3. The lowest BCUT2D eigenvalue weighted by atomic mass is 10.1. The van der Waals surface area contributed by atoms with Crippen LogP contribution >= 0.6 is 0 Å². The molecule has 150 valence electrons. The number of anilines is 1. The summed E-state index contributed by atoms with van der Waals surface area (Å²) in [4.78, 5) is 31.5. The zero-order chi connectivity index (χ0) is 21.0. The SMILES string of the molecule is CC(OC(=O)c1ccc(-c2ncc[nH]2)cc1)C(=O)Nc1ccc(S(N)(=O)=O)cc1. The van der Waals surface area contributed by atoms with E-state index < -0.39 is 28.0 Å². The Labute approximate surface area is 167 Å². The highest BCUT2D eigenvalue weighted by molar-refractivity contribution is 7.89. The average molecular weight is 414 g/mol. The highest BCUT2D eigenvalue weighted by Crippen LogP contribution is 2.17. The number of nitrogens with zero attached hydrogens (tertiary/aromatic N) is 1. The number of carbonyl (C=O) groups excluding carboxylic acids is 2. The predicted octanol–water partition coefficient (Wildman–Crippen LogP) is 1.91. The summed E-state index contributed by atoms with van der Waals surface area (Å²) < 4.78 is 27.7. The molecule has 1 unspecified atom stereocenters. The number of nitrogens with two attached hydrogens (primary N) is 1. The first-order chi connectivity index (χ1) is 13.7. The lowest BCUT2D eigenvalue weighted by molar-refractivity contribution is -0.123. The second-order valence-corrected chi connectivity index (χ2v) is 7.68. The molecule has 0 spiro atoms. The number of esters is 1. The molecule has 9 nitrogen and oxygen atoms in total. The fourth-order valence-corrected chi connectivity index (χ4v) is 2.96. The molecular weight excluding hydrogens is 396 g/mol. The maximum Gasteiger partial charge on any atom is 0.338 e. The molecule has 0 saturated heterocycles. The van der Waals surface area contributed by atoms with Crippen LogP contribution in [0.1, 0.15) is 17.3 Å². The van der Waals surface area contributed by atoms with Crippen molar-refractivity contribution in [1.82, 2.24) is 9.97 Å². The largest absolute Gasteiger partial charge is 0.449 e. The number of imidazole rings is 1. The van der Waals surface area contributed by atoms with E-state index in [-0.39, 0.29) is 10.5 Å². The summed E-state index contributed by atoms with van der Waals surface area (Å²) >= 11 is 0. The number of rotatable bonds is 6. The van der Waals surface area contributed by atoms with Crippen molar-refractivity contribution in [3.63, 3.8) is 0 Å². The van der Waals surface area contributed by atoms with Crippen LogP contribution in [0.5, 0.6) is 0 Å². The standard InChI is InChI=1S/C19H18N4O5S/c1-12(18(24)23-15-6-8-16(9-7-15)29(20,26)27)28-19(25)14-4-2-13(3-5-14)17-21-10-11-22-17/h2-12H,1H3,(H,21,22)(H,23,24)(H2,20,26,27). The number of carbonyl (C=O) groups is 2. The van der Waals surface area contributed by atoms with Crippen LogP contribution in [0.3, 0.4) is 0 Å². The molecule has 0 bridgehead atoms. The van der Waals surface area contributed by atoms with Crippen molar-refractivity contribution in [1.29, 1.82) is 0 Å². The Bertz CT molecular complexity index is 1110. The van der Waals surface area contributed by atoms with Crippen molar-refractivity contribution in [3.8, 4) is 11.4 Å². The van der Waals surface area contributed by atoms with Gasteiger partial charge < -0.3 is 15.0 Å². The molecule has 0 radical (unpaired) electrons. The van der Waals surface area contributed by atoms with Gasteiger partial charge in [0.05, 0.1) is 10.5 Å². The molecule has 29 heavy (non-hydrogen) atoms. The number of ether oxygens (including phenoxy) is 1. The number of amides is 1. The topological polar surface area (TPSA) is 144 Å². The number of primary sulfonamides is 1. The van der Waals surface area contributed by atoms with Gasteiger partial charge in [0.25, 0.3) is 5.91 Å². The van der Waals surface area contributed by atoms with E-state index in [1.807, 2.05) is 0 Å². The van der Waals surface area contributed by atoms with Crippen molar-refractivity contribution in [2.45, 2.75) is 17.9 Å². The third-order valence-electron chi connectivity index (χ3n) is 4.00. The van der Waals surface area contributed by atoms with E-state index in [2.05, 4.69) is 15.3 Å². The number of hydrogen-bond acceptors (Lipinski definition) is 6. The number of aromatic nitrogens is 2. The zero-order valence-corrected chi connectivity index (χ0v) is 16.1. The minimum absolute atomic E-state index is 0.0760. The van der Waals surface area contributed by atoms with E-state index in [1.165, 1.54) is 31.2 Å². The number of benzene rings is 2. The van der Waals surface area contributed by atoms with Crippen molar-refractivity contribution in [2.75, 3.05) is 5.32 Å². The summed E-state index contributed by atoms with van der Waals surface area (Å²) in [6.45, 7) is 1.43. The van der Waals surface area contributed by atoms with Crippen molar-refractivity contribution in [3.05, 3.63) is 66.5 Å². The molecule has 0 aliphatic carbocycles. The first kappa shape index (κ1) is 20.2. The van der Waals surface area contributed by atoms with Gasteiger partial charge in [0.2, 0.25) is 10.0 Å². The van der Waals surface area contributed by atoms with E-state index in [9.17, 15) is 18.0 Å². The van der Waals surface area contributed by atoms with E-state index in [4.69, 9.17) is 9.88 Å². The second-order valence-electron chi connectivity index (χ2n) is 6.12. The van der Waals surface area contributed by atoms with E-state index >= 15 is 0 Å². The number of hydrogen-bond donors (Lipinski definition) is 3. The number of nitrogens with one attached hydrogen (secondary N) is 2. The van der Waals surface area contributed by atoms with Crippen LogP contribution in [0.2, 0.25) is 0 Å². The van der Waals surface area contributed by atoms with Crippen LogP contribution in [0.4, 0.5) is 5.69 Å². The van der Waals surface area contributed by atoms with Crippen molar-refractivity contribution >= 4 is 27.6 Å². The van der Waals surface area contributed by atoms with Crippen molar-refractivity contribution < 1.29 is 22.7 Å². The minimum atomic E-state index is -3.82. The molecule has 1 heterocycles. The molecule has 1 atom stereocenters. The van der Waals surface area contributed by atoms with Gasteiger partial charge in [0, 0.05) is 23.6 Å². The van der Waals surface area contributed by atoms with Gasteiger partial charge >= 0.3 is 5.97 Å². The van der Waals surface area contributed by atoms with Gasteiger partial charge in [-0.25, -0.2) is 23.3 Å². The van der Waals surface area contributed by atoms with Crippen molar-refractivity contribution in [2.24, 2.45) is 5.14 Å². The van der Waals surface area contributed by atoms with Crippen LogP contribution in [0, 0.1) is 0 Å². The summed E-state index contributed by atoms with van der Waals surface area (Å²) in [7, 11) is -3.82. The third-order valence-corrected chi connectivity index (χ3v) is 4.92. The Morgan fingerprint density at radius 1 is 1.10 bits per heavy atom. The monoisotopic (exact) mass is 414 g/mol. The summed E-state index contributed by atoms with van der Waals surface area (Å²) in [5, 5.41) is 7.57. The minimum Gasteiger partial charge on any atom is -0.449 e. The van der Waals surface area contributed by atoms with Crippen LogP contribution in [-0.2, 0) is 19.6 Å². The lowest BCUT2D eigenvalue weighted by Gasteiger charge is -2.14. The van der Waals surface area contributed by atoms with Gasteiger partial charge in [0.1, 0.15) is 5.82 Å². The van der Waals surface area contributed by atoms with Gasteiger partial charge in [-0.1, -0.05) is 12.1 Å². The van der Waals surface area contributed by atoms with Crippen LogP contribution < -0.4 is 10.5 Å². The fourth-order valence-electron chi connectivity index (χ4n) is 2.44. The molecule has 0 saturated carbocycles. The van der Waals surface area contributed by atoms with Gasteiger partial charge in [0.15, 0.2) is 6.10 Å². The molecule has 3 rings (SSSR count). The second kappa shape index (κ2) is 8.25. The van der Waals surface area contributed by atoms with Gasteiger partial charge in [-0.05, 0) is 43.3 Å². The van der Waals surface area contributed by atoms with Gasteiger partial charge in [-0.15, -0.1) is 0 Å². The summed E-state index contributed by atoms with van der Waals surface area (Å²) in [6, 6.07) is 11.9. The average Bonchev–Trinajstić information content (AvgIpc) is 3.22. The lowest BCUT2D eigenvalue weighted by Crippen LogP contribution is -2.30.